The lowest BCUT2D eigenvalue weighted by molar-refractivity contribution is -0.122. The van der Waals surface area contributed by atoms with Gasteiger partial charge < -0.3 is 21.2 Å². The first kappa shape index (κ1) is 26.1. The van der Waals surface area contributed by atoms with Gasteiger partial charge in [0.05, 0.1) is 12.3 Å². The van der Waals surface area contributed by atoms with Crippen LogP contribution in [0.25, 0.3) is 0 Å². The molecule has 2 aromatic carbocycles. The molecule has 0 bridgehead atoms. The molecule has 0 fully saturated rings. The van der Waals surface area contributed by atoms with E-state index in [2.05, 4.69) is 46.8 Å². The summed E-state index contributed by atoms with van der Waals surface area (Å²) in [7, 11) is 0. The fraction of sp³-hybridized carbons (Fsp3) is 0.360. The Morgan fingerprint density at radius 3 is 2.66 bits per heavy atom. The van der Waals surface area contributed by atoms with E-state index in [1.807, 2.05) is 44.2 Å². The Morgan fingerprint density at radius 2 is 1.91 bits per heavy atom. The normalized spacial score (nSPS) is 10.9. The SMILES string of the molecule is CCc1ccccc1NC(=O)CNC(=O)CSc1nnc(COc2cc(C)ccc2C(C)C)n1N. The number of hydrogen-bond donors (Lipinski definition) is 3. The number of hydrogen-bond acceptors (Lipinski definition) is 7. The van der Waals surface area contributed by atoms with Crippen molar-refractivity contribution in [3.05, 3.63) is 65.0 Å². The molecular weight excluding hydrogens is 464 g/mol. The van der Waals surface area contributed by atoms with Crippen LogP contribution in [0.5, 0.6) is 5.75 Å². The number of para-hydroxylation sites is 1. The minimum Gasteiger partial charge on any atom is -0.485 e. The molecule has 0 aliphatic heterocycles. The highest BCUT2D eigenvalue weighted by Gasteiger charge is 2.15. The van der Waals surface area contributed by atoms with Crippen molar-refractivity contribution in [2.45, 2.75) is 51.8 Å². The van der Waals surface area contributed by atoms with Crippen molar-refractivity contribution in [3.8, 4) is 5.75 Å². The molecule has 0 unspecified atom stereocenters. The average molecular weight is 497 g/mol. The maximum atomic E-state index is 12.2. The molecule has 10 heteroatoms. The van der Waals surface area contributed by atoms with Gasteiger partial charge in [0.2, 0.25) is 17.0 Å². The predicted molar refractivity (Wildman–Crippen MR) is 138 cm³/mol. The summed E-state index contributed by atoms with van der Waals surface area (Å²) in [5, 5.41) is 14.0. The molecule has 0 aliphatic rings. The Labute approximate surface area is 209 Å². The molecule has 35 heavy (non-hydrogen) atoms. The monoisotopic (exact) mass is 496 g/mol. The van der Waals surface area contributed by atoms with Crippen LogP contribution in [-0.4, -0.2) is 39.0 Å². The lowest BCUT2D eigenvalue weighted by Crippen LogP contribution is -2.34. The summed E-state index contributed by atoms with van der Waals surface area (Å²) in [5.41, 5.74) is 3.99. The zero-order valence-corrected chi connectivity index (χ0v) is 21.3. The number of carbonyl (C=O) groups is 2. The second-order valence-corrected chi connectivity index (χ2v) is 9.32. The molecule has 9 nitrogen and oxygen atoms in total. The van der Waals surface area contributed by atoms with Crippen molar-refractivity contribution in [1.29, 1.82) is 0 Å². The third-order valence-corrected chi connectivity index (χ3v) is 6.28. The summed E-state index contributed by atoms with van der Waals surface area (Å²) < 4.78 is 7.30. The molecular formula is C25H32N6O3S. The van der Waals surface area contributed by atoms with Crippen LogP contribution in [0.15, 0.2) is 47.6 Å². The van der Waals surface area contributed by atoms with E-state index in [4.69, 9.17) is 10.6 Å². The summed E-state index contributed by atoms with van der Waals surface area (Å²) in [6.45, 7) is 8.27. The number of thioether (sulfide) groups is 1. The molecule has 0 aliphatic carbocycles. The summed E-state index contributed by atoms with van der Waals surface area (Å²) in [4.78, 5) is 24.4. The molecule has 0 spiro atoms. The van der Waals surface area contributed by atoms with Crippen LogP contribution in [0, 0.1) is 6.92 Å². The predicted octanol–water partition coefficient (Wildman–Crippen LogP) is 3.41. The fourth-order valence-corrected chi connectivity index (χ4v) is 4.10. The van der Waals surface area contributed by atoms with Gasteiger partial charge in [-0.25, -0.2) is 4.68 Å². The van der Waals surface area contributed by atoms with E-state index in [0.717, 1.165) is 46.3 Å². The van der Waals surface area contributed by atoms with Crippen LogP contribution in [0.3, 0.4) is 0 Å². The highest BCUT2D eigenvalue weighted by molar-refractivity contribution is 7.99. The molecule has 2 amide bonds. The Bertz CT molecular complexity index is 1180. The van der Waals surface area contributed by atoms with E-state index in [0.29, 0.717) is 16.9 Å². The first-order chi connectivity index (χ1) is 16.8. The van der Waals surface area contributed by atoms with Gasteiger partial charge in [-0.3, -0.25) is 9.59 Å². The van der Waals surface area contributed by atoms with E-state index < -0.39 is 0 Å². The average Bonchev–Trinajstić information content (AvgIpc) is 3.19. The van der Waals surface area contributed by atoms with Gasteiger partial charge in [0, 0.05) is 5.69 Å². The molecule has 0 radical (unpaired) electrons. The Morgan fingerprint density at radius 1 is 1.14 bits per heavy atom. The van der Waals surface area contributed by atoms with Gasteiger partial charge in [-0.15, -0.1) is 10.2 Å². The van der Waals surface area contributed by atoms with Crippen LogP contribution in [0.4, 0.5) is 5.69 Å². The summed E-state index contributed by atoms with van der Waals surface area (Å²) >= 11 is 1.13. The van der Waals surface area contributed by atoms with E-state index in [-0.39, 0.29) is 30.7 Å². The van der Waals surface area contributed by atoms with Gasteiger partial charge in [-0.2, -0.15) is 0 Å². The molecule has 3 rings (SSSR count). The summed E-state index contributed by atoms with van der Waals surface area (Å²) in [5.74, 6) is 7.10. The third kappa shape index (κ3) is 7.22. The highest BCUT2D eigenvalue weighted by atomic mass is 32.2. The maximum Gasteiger partial charge on any atom is 0.243 e. The van der Waals surface area contributed by atoms with Gasteiger partial charge >= 0.3 is 0 Å². The zero-order valence-electron chi connectivity index (χ0n) is 20.5. The minimum absolute atomic E-state index is 0.0460. The second-order valence-electron chi connectivity index (χ2n) is 8.38. The summed E-state index contributed by atoms with van der Waals surface area (Å²) in [6.07, 6.45) is 0.802. The largest absolute Gasteiger partial charge is 0.485 e. The number of ether oxygens (including phenoxy) is 1. The quantitative estimate of drug-likeness (QED) is 0.274. The molecule has 1 heterocycles. The van der Waals surface area contributed by atoms with E-state index in [9.17, 15) is 9.59 Å². The highest BCUT2D eigenvalue weighted by Crippen LogP contribution is 2.28. The Balaban J connectivity index is 1.48. The Kier molecular flexibility index (Phi) is 9.13. The first-order valence-electron chi connectivity index (χ1n) is 11.5. The number of carbonyl (C=O) groups excluding carboxylic acids is 2. The number of benzene rings is 2. The molecule has 1 aromatic heterocycles. The molecule has 0 saturated carbocycles. The van der Waals surface area contributed by atoms with Crippen LogP contribution in [-0.2, 0) is 22.6 Å². The van der Waals surface area contributed by atoms with Crippen LogP contribution in [0.2, 0.25) is 0 Å². The number of nitrogens with one attached hydrogen (secondary N) is 2. The fourth-order valence-electron chi connectivity index (χ4n) is 3.39. The standard InChI is InChI=1S/C25H32N6O3S/c1-5-18-8-6-7-9-20(18)28-23(32)13-27-24(33)15-35-25-30-29-22(31(25)26)14-34-21-12-17(4)10-11-19(21)16(2)3/h6-12,16H,5,13-15,26H2,1-4H3,(H,27,33)(H,28,32). The van der Waals surface area contributed by atoms with Gasteiger partial charge in [0.15, 0.2) is 5.82 Å². The van der Waals surface area contributed by atoms with Crippen molar-refractivity contribution in [2.24, 2.45) is 0 Å². The first-order valence-corrected chi connectivity index (χ1v) is 12.5. The number of aryl methyl sites for hydroxylation is 2. The van der Waals surface area contributed by atoms with E-state index in [1.54, 1.807) is 0 Å². The van der Waals surface area contributed by atoms with Crippen molar-refractivity contribution >= 4 is 29.3 Å². The van der Waals surface area contributed by atoms with Gasteiger partial charge in [0.1, 0.15) is 12.4 Å². The maximum absolute atomic E-state index is 12.2. The molecule has 0 atom stereocenters. The van der Waals surface area contributed by atoms with Crippen molar-refractivity contribution in [3.63, 3.8) is 0 Å². The number of nitrogens with two attached hydrogens (primary N) is 1. The number of nitrogen functional groups attached to an aromatic ring is 1. The van der Waals surface area contributed by atoms with Gasteiger partial charge in [0.25, 0.3) is 0 Å². The second kappa shape index (κ2) is 12.3. The van der Waals surface area contributed by atoms with Gasteiger partial charge in [-0.05, 0) is 48.1 Å². The number of rotatable bonds is 11. The number of aromatic nitrogens is 3. The number of amides is 2. The summed E-state index contributed by atoms with van der Waals surface area (Å²) in [6, 6.07) is 13.7. The molecule has 0 saturated heterocycles. The lowest BCUT2D eigenvalue weighted by Gasteiger charge is -2.14. The molecule has 3 aromatic rings. The number of nitrogens with zero attached hydrogens (tertiary/aromatic N) is 3. The van der Waals surface area contributed by atoms with E-state index in [1.165, 1.54) is 4.68 Å². The Hall–Kier alpha value is -3.53. The van der Waals surface area contributed by atoms with Crippen molar-refractivity contribution < 1.29 is 14.3 Å². The van der Waals surface area contributed by atoms with Crippen molar-refractivity contribution in [1.82, 2.24) is 20.2 Å². The van der Waals surface area contributed by atoms with Crippen LogP contribution >= 0.6 is 11.8 Å². The van der Waals surface area contributed by atoms with Crippen LogP contribution < -0.4 is 21.2 Å². The van der Waals surface area contributed by atoms with Crippen molar-refractivity contribution in [2.75, 3.05) is 23.5 Å². The van der Waals surface area contributed by atoms with Crippen LogP contribution in [0.1, 0.15) is 49.2 Å². The zero-order chi connectivity index (χ0) is 25.4. The van der Waals surface area contributed by atoms with E-state index >= 15 is 0 Å². The minimum atomic E-state index is -0.309. The third-order valence-electron chi connectivity index (χ3n) is 5.33. The number of anilines is 1. The van der Waals surface area contributed by atoms with Gasteiger partial charge in [-0.1, -0.05) is 62.9 Å². The topological polar surface area (TPSA) is 124 Å². The smallest absolute Gasteiger partial charge is 0.243 e. The molecule has 186 valence electrons. The molecule has 4 N–H and O–H groups in total. The lowest BCUT2D eigenvalue weighted by atomic mass is 10.0.